The number of Topliss-reactive ketones (excluding diaryl/α,β-unsaturated/α-hetero) is 2. The van der Waals surface area contributed by atoms with Crippen molar-refractivity contribution in [2.24, 2.45) is 0 Å². The molecule has 0 amide bonds. The number of ketones is 2. The molecule has 0 aliphatic carbocycles. The Hall–Kier alpha value is -5.09. The lowest BCUT2D eigenvalue weighted by Gasteiger charge is -2.00. The van der Waals surface area contributed by atoms with Gasteiger partial charge in [0, 0.05) is 92.6 Å². The Morgan fingerprint density at radius 1 is 0.264 bits per heavy atom. The summed E-state index contributed by atoms with van der Waals surface area (Å²) in [6.07, 6.45) is 1.98. The largest absolute Gasteiger partial charge is 0.469 e. The molecule has 0 bridgehead atoms. The van der Waals surface area contributed by atoms with Gasteiger partial charge < -0.3 is 85.3 Å². The number of methoxy groups -OCH3 is 6. The van der Waals surface area contributed by atoms with E-state index in [4.69, 9.17) is 33.2 Å². The first-order valence-electron chi connectivity index (χ1n) is 29.7. The average Bonchev–Trinajstić information content (AvgIpc) is 3.58. The fraction of sp³-hybridized carbons (Fsp3) is 0.817. The van der Waals surface area contributed by atoms with Gasteiger partial charge in [0.2, 0.25) is 0 Å². The molecule has 0 unspecified atom stereocenters. The van der Waals surface area contributed by atoms with Gasteiger partial charge in [0.05, 0.1) is 53.3 Å². The highest BCUT2D eigenvalue weighted by atomic mass is 32.2. The standard InChI is InChI=1S/C6H10O4.C6H10O3.2C6H12O3.C6H12O2.3C5H10O3.C5H10O2S.C5H12O2.C5H12OS/c1-3-5(7)10-4-6(8)9-2;1-3-5(7)4-6(8)9-2;1-3-8-5-6(7)9-4-2;1-3-6(7)9-5-8-4-2;1-3-6(7)5-8-4-2;1-3-8-4-5(6)7-2;1-3-8-5(6)4-7-2;1-3-5(6)8-4-7-2;1-3-8-4-5(6)7-2;2*1-3-6-5-7-4-2/h3-4H2,1-2H3;3-4H2,1-2H3;2*3-5H2,1-2H3;3-5H2,1-2H3;4*3-4H2,1-2H3;2*3-5H2,1-2H3. The topological polar surface area (TPSA) is 354 Å². The van der Waals surface area contributed by atoms with Gasteiger partial charge >= 0.3 is 53.7 Å². The van der Waals surface area contributed by atoms with E-state index in [1.54, 1.807) is 53.3 Å². The van der Waals surface area contributed by atoms with E-state index in [1.165, 1.54) is 42.7 Å². The molecule has 546 valence electrons. The molecule has 29 nitrogen and oxygen atoms in total. The van der Waals surface area contributed by atoms with Crippen molar-refractivity contribution in [1.82, 2.24) is 0 Å². The maximum atomic E-state index is 10.5. The quantitative estimate of drug-likeness (QED) is 0.0187. The van der Waals surface area contributed by atoms with Crippen molar-refractivity contribution in [3.63, 3.8) is 0 Å². The number of hydrogen-bond donors (Lipinski definition) is 0. The Bertz CT molecular complexity index is 1460. The Morgan fingerprint density at radius 3 is 0.978 bits per heavy atom. The highest BCUT2D eigenvalue weighted by molar-refractivity contribution is 7.99. The predicted octanol–water partition coefficient (Wildman–Crippen LogP) is 7.76. The van der Waals surface area contributed by atoms with Crippen molar-refractivity contribution in [1.29, 1.82) is 0 Å². The molecule has 0 saturated carbocycles. The summed E-state index contributed by atoms with van der Waals surface area (Å²) in [6, 6.07) is 0. The predicted molar refractivity (Wildman–Crippen MR) is 346 cm³/mol. The smallest absolute Gasteiger partial charge is 0.344 e. The molecule has 0 aromatic rings. The Balaban J connectivity index is -0.0000000861. The minimum atomic E-state index is -0.540. The number of esters is 9. The molecule has 0 atom stereocenters. The van der Waals surface area contributed by atoms with Gasteiger partial charge in [-0.05, 0) is 73.8 Å². The highest BCUT2D eigenvalue weighted by Gasteiger charge is 2.06. The maximum absolute atomic E-state index is 10.5. The average molecular weight is 1370 g/mol. The first kappa shape index (κ1) is 110. The van der Waals surface area contributed by atoms with E-state index in [-0.39, 0.29) is 107 Å². The third kappa shape index (κ3) is 143. The number of thioether (sulfide) groups is 2. The zero-order chi connectivity index (χ0) is 72.6. The minimum absolute atomic E-state index is 0.0494. The molecule has 0 heterocycles. The molecule has 0 aromatic carbocycles. The molecule has 0 rings (SSSR count). The summed E-state index contributed by atoms with van der Waals surface area (Å²) >= 11 is 3.38. The second-order valence-electron chi connectivity index (χ2n) is 14.8. The molecule has 0 fully saturated rings. The summed E-state index contributed by atoms with van der Waals surface area (Å²) < 4.78 is 82.5. The number of ether oxygens (including phenoxy) is 18. The third-order valence-electron chi connectivity index (χ3n) is 7.86. The van der Waals surface area contributed by atoms with Crippen LogP contribution < -0.4 is 0 Å². The number of carbonyl (C=O) groups excluding carboxylic acids is 11. The van der Waals surface area contributed by atoms with Crippen molar-refractivity contribution in [3.05, 3.63) is 0 Å². The number of rotatable bonds is 38. The molecule has 0 radical (unpaired) electrons. The Labute approximate surface area is 552 Å². The molecule has 31 heteroatoms. The number of carbonyl (C=O) groups is 11. The molecule has 0 aromatic heterocycles. The summed E-state index contributed by atoms with van der Waals surface area (Å²) in [7, 11) is 8.17. The molecular formula is C60H120O29S2. The van der Waals surface area contributed by atoms with Gasteiger partial charge in [-0.3, -0.25) is 33.6 Å². The van der Waals surface area contributed by atoms with Crippen LogP contribution in [0.4, 0.5) is 0 Å². The number of hydrogen-bond acceptors (Lipinski definition) is 31. The molecule has 0 aliphatic heterocycles. The Kier molecular flexibility index (Phi) is 129. The van der Waals surface area contributed by atoms with E-state index in [0.29, 0.717) is 77.9 Å². The normalized spacial score (nSPS) is 8.95. The van der Waals surface area contributed by atoms with Gasteiger partial charge in [-0.25, -0.2) is 19.2 Å². The van der Waals surface area contributed by atoms with Gasteiger partial charge in [0.15, 0.2) is 26.0 Å². The van der Waals surface area contributed by atoms with E-state index in [2.05, 4.69) is 59.0 Å². The van der Waals surface area contributed by atoms with Crippen molar-refractivity contribution in [2.75, 3.05) is 179 Å². The summed E-state index contributed by atoms with van der Waals surface area (Å²) in [5, 5.41) is 0. The van der Waals surface area contributed by atoms with Crippen LogP contribution in [-0.4, -0.2) is 244 Å². The fourth-order valence-corrected chi connectivity index (χ4v) is 4.08. The maximum Gasteiger partial charge on any atom is 0.344 e. The van der Waals surface area contributed by atoms with Crippen LogP contribution in [0.5, 0.6) is 0 Å². The first-order chi connectivity index (χ1) is 43.4. The lowest BCUT2D eigenvalue weighted by molar-refractivity contribution is -0.156. The SMILES string of the molecule is CCC(=O)CC(=O)OC.CCC(=O)OCC(=O)OC.CCC(=O)OCOC.CCOC(=O)COC.CCOCC(=O)CC.CCOCC(=O)OC.CCOCC(=O)OCC.CCOCOC(=O)CC.CCOCOCC.CCOCSCC.CCSCC(=O)OC. The highest BCUT2D eigenvalue weighted by Crippen LogP contribution is 1.98. The van der Waals surface area contributed by atoms with Crippen LogP contribution >= 0.6 is 23.5 Å². The third-order valence-corrected chi connectivity index (χ3v) is 9.45. The molecule has 91 heavy (non-hydrogen) atoms. The van der Waals surface area contributed by atoms with Crippen molar-refractivity contribution >= 4 is 88.8 Å². The zero-order valence-corrected chi connectivity index (χ0v) is 60.9. The van der Waals surface area contributed by atoms with Crippen molar-refractivity contribution < 1.29 is 138 Å². The second kappa shape index (κ2) is 107. The fourth-order valence-electron chi connectivity index (χ4n) is 3.14. The molecule has 0 N–H and O–H groups in total. The second-order valence-corrected chi connectivity index (χ2v) is 17.3. The van der Waals surface area contributed by atoms with E-state index in [1.807, 2.05) is 74.1 Å². The van der Waals surface area contributed by atoms with Crippen LogP contribution in [0.25, 0.3) is 0 Å². The lowest BCUT2D eigenvalue weighted by Crippen LogP contribution is -2.13. The monoisotopic (exact) mass is 1370 g/mol. The summed E-state index contributed by atoms with van der Waals surface area (Å²) in [5.41, 5.74) is 0. The summed E-state index contributed by atoms with van der Waals surface area (Å²) in [4.78, 5) is 114. The van der Waals surface area contributed by atoms with Crippen LogP contribution in [0.15, 0.2) is 0 Å². The van der Waals surface area contributed by atoms with E-state index in [0.717, 1.165) is 37.3 Å². The molecule has 0 saturated heterocycles. The minimum Gasteiger partial charge on any atom is -0.469 e. The van der Waals surface area contributed by atoms with Gasteiger partial charge in [-0.15, -0.1) is 11.8 Å². The van der Waals surface area contributed by atoms with Crippen molar-refractivity contribution in [2.45, 2.75) is 149 Å². The van der Waals surface area contributed by atoms with E-state index in [9.17, 15) is 52.7 Å². The Morgan fingerprint density at radius 2 is 0.626 bits per heavy atom. The van der Waals surface area contributed by atoms with Crippen LogP contribution in [0, 0.1) is 0 Å². The van der Waals surface area contributed by atoms with Crippen LogP contribution in [0.2, 0.25) is 0 Å². The van der Waals surface area contributed by atoms with Gasteiger partial charge in [-0.1, -0.05) is 48.5 Å². The van der Waals surface area contributed by atoms with Crippen LogP contribution in [0.3, 0.4) is 0 Å². The zero-order valence-electron chi connectivity index (χ0n) is 59.2. The van der Waals surface area contributed by atoms with Gasteiger partial charge in [-0.2, -0.15) is 11.8 Å². The first-order valence-corrected chi connectivity index (χ1v) is 32.0. The molecular weight excluding hydrogens is 1250 g/mol. The lowest BCUT2D eigenvalue weighted by atomic mass is 10.2. The van der Waals surface area contributed by atoms with Crippen LogP contribution in [0.1, 0.15) is 149 Å². The van der Waals surface area contributed by atoms with E-state index >= 15 is 0 Å². The van der Waals surface area contributed by atoms with E-state index < -0.39 is 17.9 Å². The molecule has 0 spiro atoms. The molecule has 0 aliphatic rings. The van der Waals surface area contributed by atoms with Crippen LogP contribution in [-0.2, 0) is 138 Å². The van der Waals surface area contributed by atoms with Crippen molar-refractivity contribution in [3.8, 4) is 0 Å². The summed E-state index contributed by atoms with van der Waals surface area (Å²) in [6.45, 7) is 35.9. The summed E-state index contributed by atoms with van der Waals surface area (Å²) in [5.74, 6) is 0.630. The van der Waals surface area contributed by atoms with Gasteiger partial charge in [0.1, 0.15) is 45.4 Å². The van der Waals surface area contributed by atoms with Gasteiger partial charge in [0.25, 0.3) is 0 Å².